The summed E-state index contributed by atoms with van der Waals surface area (Å²) in [5.41, 5.74) is 0. The standard InChI is InChI=1S/C9H7F2N3O2/c10-9(11)16-7-3-1-6(2-4-7)15-8-5-12-14-13-8/h1-5,9H,(H,12,13,14). The lowest BCUT2D eigenvalue weighted by atomic mass is 10.3. The first-order valence-electron chi connectivity index (χ1n) is 4.32. The van der Waals surface area contributed by atoms with Crippen LogP contribution in [0.2, 0.25) is 0 Å². The van der Waals surface area contributed by atoms with Crippen molar-refractivity contribution in [1.82, 2.24) is 15.4 Å². The van der Waals surface area contributed by atoms with Crippen LogP contribution in [0.3, 0.4) is 0 Å². The average molecular weight is 227 g/mol. The monoisotopic (exact) mass is 227 g/mol. The number of halogens is 2. The number of benzene rings is 1. The highest BCUT2D eigenvalue weighted by atomic mass is 19.3. The van der Waals surface area contributed by atoms with Crippen molar-refractivity contribution in [2.45, 2.75) is 6.61 Å². The third kappa shape index (κ3) is 2.66. The molecule has 5 nitrogen and oxygen atoms in total. The zero-order valence-corrected chi connectivity index (χ0v) is 7.93. The van der Waals surface area contributed by atoms with Gasteiger partial charge in [0, 0.05) is 0 Å². The highest BCUT2D eigenvalue weighted by molar-refractivity contribution is 5.32. The largest absolute Gasteiger partial charge is 0.436 e. The molecule has 16 heavy (non-hydrogen) atoms. The molecule has 1 aromatic carbocycles. The van der Waals surface area contributed by atoms with Crippen LogP contribution in [-0.2, 0) is 0 Å². The van der Waals surface area contributed by atoms with Crippen molar-refractivity contribution in [1.29, 1.82) is 0 Å². The third-order valence-electron chi connectivity index (χ3n) is 1.66. The van der Waals surface area contributed by atoms with E-state index in [0.717, 1.165) is 0 Å². The Morgan fingerprint density at radius 3 is 2.38 bits per heavy atom. The maximum absolute atomic E-state index is 11.9. The van der Waals surface area contributed by atoms with Gasteiger partial charge in [0.2, 0.25) is 0 Å². The number of aromatic nitrogens is 3. The molecule has 0 saturated carbocycles. The predicted molar refractivity (Wildman–Crippen MR) is 49.5 cm³/mol. The van der Waals surface area contributed by atoms with Crippen LogP contribution in [0.25, 0.3) is 0 Å². The van der Waals surface area contributed by atoms with Crippen LogP contribution in [0.5, 0.6) is 17.4 Å². The lowest BCUT2D eigenvalue weighted by molar-refractivity contribution is -0.0498. The number of alkyl halides is 2. The Labute approximate surface area is 89.0 Å². The maximum Gasteiger partial charge on any atom is 0.387 e. The second kappa shape index (κ2) is 4.56. The van der Waals surface area contributed by atoms with E-state index in [2.05, 4.69) is 20.1 Å². The van der Waals surface area contributed by atoms with E-state index in [-0.39, 0.29) is 5.75 Å². The first-order chi connectivity index (χ1) is 7.74. The van der Waals surface area contributed by atoms with E-state index >= 15 is 0 Å². The minimum Gasteiger partial charge on any atom is -0.436 e. The van der Waals surface area contributed by atoms with E-state index in [1.165, 1.54) is 30.5 Å². The van der Waals surface area contributed by atoms with Crippen LogP contribution in [0.15, 0.2) is 30.5 Å². The number of aromatic amines is 1. The van der Waals surface area contributed by atoms with Gasteiger partial charge in [0.25, 0.3) is 5.88 Å². The minimum atomic E-state index is -2.83. The van der Waals surface area contributed by atoms with Crippen LogP contribution in [-0.4, -0.2) is 22.0 Å². The molecule has 1 N–H and O–H groups in total. The van der Waals surface area contributed by atoms with Gasteiger partial charge in [0.1, 0.15) is 17.7 Å². The molecule has 0 fully saturated rings. The molecule has 0 radical (unpaired) electrons. The quantitative estimate of drug-likeness (QED) is 0.869. The van der Waals surface area contributed by atoms with Crippen molar-refractivity contribution in [2.24, 2.45) is 0 Å². The first kappa shape index (κ1) is 10.3. The second-order valence-electron chi connectivity index (χ2n) is 2.76. The SMILES string of the molecule is FC(F)Oc1ccc(Oc2cn[nH]n2)cc1. The van der Waals surface area contributed by atoms with E-state index in [9.17, 15) is 8.78 Å². The Morgan fingerprint density at radius 2 is 1.81 bits per heavy atom. The second-order valence-corrected chi connectivity index (χ2v) is 2.76. The average Bonchev–Trinajstić information content (AvgIpc) is 2.73. The molecule has 0 bridgehead atoms. The summed E-state index contributed by atoms with van der Waals surface area (Å²) in [5.74, 6) is 0.820. The zero-order chi connectivity index (χ0) is 11.4. The van der Waals surface area contributed by atoms with E-state index in [4.69, 9.17) is 4.74 Å². The summed E-state index contributed by atoms with van der Waals surface area (Å²) in [4.78, 5) is 0. The van der Waals surface area contributed by atoms with Crippen molar-refractivity contribution in [2.75, 3.05) is 0 Å². The number of H-pyrrole nitrogens is 1. The molecule has 0 unspecified atom stereocenters. The first-order valence-corrected chi connectivity index (χ1v) is 4.32. The summed E-state index contributed by atoms with van der Waals surface area (Å²) in [6, 6.07) is 5.74. The lowest BCUT2D eigenvalue weighted by Gasteiger charge is -2.05. The van der Waals surface area contributed by atoms with Gasteiger partial charge in [-0.05, 0) is 24.3 Å². The summed E-state index contributed by atoms with van der Waals surface area (Å²) >= 11 is 0. The molecule has 2 aromatic rings. The molecular weight excluding hydrogens is 220 g/mol. The Morgan fingerprint density at radius 1 is 1.12 bits per heavy atom. The van der Waals surface area contributed by atoms with Crippen molar-refractivity contribution in [3.8, 4) is 17.4 Å². The van der Waals surface area contributed by atoms with Crippen molar-refractivity contribution >= 4 is 0 Å². The molecule has 84 valence electrons. The summed E-state index contributed by atoms with van der Waals surface area (Å²) in [6.45, 7) is -2.83. The zero-order valence-electron chi connectivity index (χ0n) is 7.93. The van der Waals surface area contributed by atoms with Crippen LogP contribution in [0, 0.1) is 0 Å². The van der Waals surface area contributed by atoms with Crippen LogP contribution >= 0.6 is 0 Å². The van der Waals surface area contributed by atoms with Crippen LogP contribution in [0.1, 0.15) is 0 Å². The number of nitrogens with one attached hydrogen (secondary N) is 1. The van der Waals surface area contributed by atoms with Gasteiger partial charge in [0.15, 0.2) is 0 Å². The molecule has 0 spiro atoms. The molecule has 0 aliphatic carbocycles. The number of hydrogen-bond donors (Lipinski definition) is 1. The molecule has 0 amide bonds. The molecule has 0 aliphatic heterocycles. The van der Waals surface area contributed by atoms with Gasteiger partial charge in [-0.3, -0.25) is 0 Å². The molecule has 0 aliphatic rings. The molecule has 0 atom stereocenters. The fraction of sp³-hybridized carbons (Fsp3) is 0.111. The summed E-state index contributed by atoms with van der Waals surface area (Å²) < 4.78 is 33.1. The molecular formula is C9H7F2N3O2. The molecule has 1 heterocycles. The fourth-order valence-corrected chi connectivity index (χ4v) is 1.05. The van der Waals surface area contributed by atoms with Crippen molar-refractivity contribution in [3.05, 3.63) is 30.5 Å². The van der Waals surface area contributed by atoms with Crippen LogP contribution in [0.4, 0.5) is 8.78 Å². The summed E-state index contributed by atoms with van der Waals surface area (Å²) in [7, 11) is 0. The van der Waals surface area contributed by atoms with Gasteiger partial charge in [-0.25, -0.2) is 0 Å². The van der Waals surface area contributed by atoms with E-state index in [1.807, 2.05) is 0 Å². The topological polar surface area (TPSA) is 60.0 Å². The van der Waals surface area contributed by atoms with Gasteiger partial charge in [0.05, 0.1) is 0 Å². The fourth-order valence-electron chi connectivity index (χ4n) is 1.05. The van der Waals surface area contributed by atoms with Gasteiger partial charge < -0.3 is 9.47 Å². The maximum atomic E-state index is 11.9. The summed E-state index contributed by atoms with van der Waals surface area (Å²) in [6.07, 6.45) is 1.39. The number of hydrogen-bond acceptors (Lipinski definition) is 4. The lowest BCUT2D eigenvalue weighted by Crippen LogP contribution is -2.01. The highest BCUT2D eigenvalue weighted by Gasteiger charge is 2.04. The molecule has 1 aromatic heterocycles. The smallest absolute Gasteiger partial charge is 0.387 e. The Kier molecular flexibility index (Phi) is 2.95. The van der Waals surface area contributed by atoms with Gasteiger partial charge in [-0.1, -0.05) is 0 Å². The highest BCUT2D eigenvalue weighted by Crippen LogP contribution is 2.22. The normalized spacial score (nSPS) is 10.4. The predicted octanol–water partition coefficient (Wildman–Crippen LogP) is 2.20. The van der Waals surface area contributed by atoms with Gasteiger partial charge in [-0.2, -0.15) is 19.1 Å². The van der Waals surface area contributed by atoms with E-state index in [1.54, 1.807) is 0 Å². The molecule has 7 heteroatoms. The van der Waals surface area contributed by atoms with Gasteiger partial charge in [-0.15, -0.1) is 5.10 Å². The van der Waals surface area contributed by atoms with E-state index < -0.39 is 6.61 Å². The minimum absolute atomic E-state index is 0.0718. The summed E-state index contributed by atoms with van der Waals surface area (Å²) in [5, 5.41) is 9.60. The number of rotatable bonds is 4. The Bertz CT molecular complexity index is 431. The van der Waals surface area contributed by atoms with Crippen LogP contribution < -0.4 is 9.47 Å². The van der Waals surface area contributed by atoms with E-state index in [0.29, 0.717) is 11.6 Å². The van der Waals surface area contributed by atoms with Crippen molar-refractivity contribution < 1.29 is 18.3 Å². The Balaban J connectivity index is 2.02. The number of nitrogens with zero attached hydrogens (tertiary/aromatic N) is 2. The third-order valence-corrected chi connectivity index (χ3v) is 1.66. The molecule has 0 saturated heterocycles. The Hall–Kier alpha value is -2.18. The molecule has 2 rings (SSSR count). The van der Waals surface area contributed by atoms with Crippen molar-refractivity contribution in [3.63, 3.8) is 0 Å². The van der Waals surface area contributed by atoms with Gasteiger partial charge >= 0.3 is 6.61 Å². The number of ether oxygens (including phenoxy) is 2.